The average Bonchev–Trinajstić information content (AvgIpc) is 2.41. The average molecular weight is 252 g/mol. The fraction of sp³-hybridized carbons (Fsp3) is 0.368. The third-order valence-electron chi connectivity index (χ3n) is 4.00. The van der Waals surface area contributed by atoms with Gasteiger partial charge in [0, 0.05) is 0 Å². The molecule has 0 spiro atoms. The molecule has 100 valence electrons. The van der Waals surface area contributed by atoms with E-state index in [2.05, 4.69) is 64.1 Å². The van der Waals surface area contributed by atoms with E-state index >= 15 is 0 Å². The number of hydrogen-bond donors (Lipinski definition) is 0. The van der Waals surface area contributed by atoms with Gasteiger partial charge in [0.15, 0.2) is 0 Å². The minimum absolute atomic E-state index is 1.07. The van der Waals surface area contributed by atoms with Gasteiger partial charge in [-0.15, -0.1) is 0 Å². The molecule has 2 aromatic carbocycles. The fourth-order valence-electron chi connectivity index (χ4n) is 2.80. The van der Waals surface area contributed by atoms with Crippen LogP contribution in [0.3, 0.4) is 0 Å². The smallest absolute Gasteiger partial charge is 0.00176 e. The highest BCUT2D eigenvalue weighted by Crippen LogP contribution is 2.22. The second-order valence-corrected chi connectivity index (χ2v) is 5.37. The molecule has 0 aliphatic carbocycles. The van der Waals surface area contributed by atoms with Gasteiger partial charge in [0.1, 0.15) is 0 Å². The van der Waals surface area contributed by atoms with Crippen LogP contribution in [0.5, 0.6) is 0 Å². The Labute approximate surface area is 117 Å². The molecule has 0 heteroatoms. The lowest BCUT2D eigenvalue weighted by atomic mass is 9.91. The summed E-state index contributed by atoms with van der Waals surface area (Å²) in [5, 5.41) is 0. The highest BCUT2D eigenvalue weighted by molar-refractivity contribution is 5.42. The first-order chi connectivity index (χ1) is 9.15. The van der Waals surface area contributed by atoms with Gasteiger partial charge in [-0.2, -0.15) is 0 Å². The topological polar surface area (TPSA) is 0 Å². The van der Waals surface area contributed by atoms with E-state index in [0.717, 1.165) is 19.3 Å². The standard InChI is InChI=1S/C19H24/c1-5-16-11-10-14(3)12-18(16)13-19-15(4)8-7-9-17(19)6-2/h7-12H,5-6,13H2,1-4H3. The summed E-state index contributed by atoms with van der Waals surface area (Å²) >= 11 is 0. The highest BCUT2D eigenvalue weighted by Gasteiger charge is 2.08. The normalized spacial score (nSPS) is 10.7. The SMILES string of the molecule is CCc1ccc(C)cc1Cc1c(C)cccc1CC. The van der Waals surface area contributed by atoms with E-state index in [4.69, 9.17) is 0 Å². The molecule has 0 radical (unpaired) electrons. The Morgan fingerprint density at radius 2 is 1.53 bits per heavy atom. The number of benzene rings is 2. The van der Waals surface area contributed by atoms with Crippen LogP contribution in [-0.2, 0) is 19.3 Å². The van der Waals surface area contributed by atoms with E-state index in [-0.39, 0.29) is 0 Å². The summed E-state index contributed by atoms with van der Waals surface area (Å²) in [6, 6.07) is 13.5. The maximum atomic E-state index is 2.35. The van der Waals surface area contributed by atoms with Gasteiger partial charge in [0.2, 0.25) is 0 Å². The molecule has 0 saturated carbocycles. The van der Waals surface area contributed by atoms with Crippen molar-refractivity contribution in [3.05, 3.63) is 69.8 Å². The molecule has 0 N–H and O–H groups in total. The zero-order valence-corrected chi connectivity index (χ0v) is 12.6. The Hall–Kier alpha value is -1.56. The van der Waals surface area contributed by atoms with Crippen LogP contribution in [0.2, 0.25) is 0 Å². The van der Waals surface area contributed by atoms with E-state index in [1.165, 1.54) is 33.4 Å². The molecule has 0 aliphatic heterocycles. The molecule has 0 aromatic heterocycles. The van der Waals surface area contributed by atoms with Gasteiger partial charge in [0.25, 0.3) is 0 Å². The predicted octanol–water partition coefficient (Wildman–Crippen LogP) is 5.02. The largest absolute Gasteiger partial charge is 0.0617 e. The molecule has 0 unspecified atom stereocenters. The Morgan fingerprint density at radius 3 is 2.21 bits per heavy atom. The van der Waals surface area contributed by atoms with Crippen LogP contribution in [-0.4, -0.2) is 0 Å². The van der Waals surface area contributed by atoms with E-state index in [1.807, 2.05) is 0 Å². The summed E-state index contributed by atoms with van der Waals surface area (Å²) in [5.41, 5.74) is 8.76. The molecule has 2 rings (SSSR count). The van der Waals surface area contributed by atoms with Crippen LogP contribution >= 0.6 is 0 Å². The van der Waals surface area contributed by atoms with E-state index in [9.17, 15) is 0 Å². The van der Waals surface area contributed by atoms with Gasteiger partial charge in [0.05, 0.1) is 0 Å². The van der Waals surface area contributed by atoms with Gasteiger partial charge in [-0.25, -0.2) is 0 Å². The molecule has 19 heavy (non-hydrogen) atoms. The second kappa shape index (κ2) is 6.06. The van der Waals surface area contributed by atoms with Crippen LogP contribution < -0.4 is 0 Å². The van der Waals surface area contributed by atoms with Gasteiger partial charge in [-0.1, -0.05) is 55.8 Å². The van der Waals surface area contributed by atoms with Gasteiger partial charge < -0.3 is 0 Å². The van der Waals surface area contributed by atoms with Crippen LogP contribution in [0.4, 0.5) is 0 Å². The molecule has 2 aromatic rings. The first kappa shape index (κ1) is 13.9. The molecule has 0 bridgehead atoms. The lowest BCUT2D eigenvalue weighted by molar-refractivity contribution is 1.01. The molecule has 0 amide bonds. The second-order valence-electron chi connectivity index (χ2n) is 5.37. The summed E-state index contributed by atoms with van der Waals surface area (Å²) in [6.07, 6.45) is 3.30. The number of rotatable bonds is 4. The Kier molecular flexibility index (Phi) is 4.42. The van der Waals surface area contributed by atoms with Crippen LogP contribution in [0.25, 0.3) is 0 Å². The van der Waals surface area contributed by atoms with Crippen LogP contribution in [0.15, 0.2) is 36.4 Å². The third kappa shape index (κ3) is 3.07. The highest BCUT2D eigenvalue weighted by atomic mass is 14.1. The molecule has 0 heterocycles. The zero-order valence-electron chi connectivity index (χ0n) is 12.6. The summed E-state index contributed by atoms with van der Waals surface area (Å²) in [7, 11) is 0. The van der Waals surface area contributed by atoms with E-state index < -0.39 is 0 Å². The summed E-state index contributed by atoms with van der Waals surface area (Å²) < 4.78 is 0. The van der Waals surface area contributed by atoms with Gasteiger partial charge in [-0.3, -0.25) is 0 Å². The van der Waals surface area contributed by atoms with Crippen molar-refractivity contribution in [2.24, 2.45) is 0 Å². The van der Waals surface area contributed by atoms with Crippen molar-refractivity contribution in [2.75, 3.05) is 0 Å². The van der Waals surface area contributed by atoms with Crippen molar-refractivity contribution >= 4 is 0 Å². The molecular formula is C19H24. The minimum Gasteiger partial charge on any atom is -0.0617 e. The van der Waals surface area contributed by atoms with Crippen molar-refractivity contribution in [3.8, 4) is 0 Å². The van der Waals surface area contributed by atoms with Crippen molar-refractivity contribution in [3.63, 3.8) is 0 Å². The Bertz CT molecular complexity index is 564. The van der Waals surface area contributed by atoms with Crippen molar-refractivity contribution in [1.29, 1.82) is 0 Å². The van der Waals surface area contributed by atoms with Crippen molar-refractivity contribution < 1.29 is 0 Å². The summed E-state index contributed by atoms with van der Waals surface area (Å²) in [5.74, 6) is 0. The van der Waals surface area contributed by atoms with Crippen molar-refractivity contribution in [1.82, 2.24) is 0 Å². The van der Waals surface area contributed by atoms with E-state index in [0.29, 0.717) is 0 Å². The molecule has 0 atom stereocenters. The van der Waals surface area contributed by atoms with Gasteiger partial charge in [-0.05, 0) is 60.9 Å². The predicted molar refractivity (Wildman–Crippen MR) is 83.9 cm³/mol. The molecular weight excluding hydrogens is 228 g/mol. The number of hydrogen-bond acceptors (Lipinski definition) is 0. The summed E-state index contributed by atoms with van der Waals surface area (Å²) in [4.78, 5) is 0. The van der Waals surface area contributed by atoms with Crippen molar-refractivity contribution in [2.45, 2.75) is 47.0 Å². The van der Waals surface area contributed by atoms with Gasteiger partial charge >= 0.3 is 0 Å². The van der Waals surface area contributed by atoms with E-state index in [1.54, 1.807) is 0 Å². The number of aryl methyl sites for hydroxylation is 4. The lowest BCUT2D eigenvalue weighted by Crippen LogP contribution is -2.01. The molecule has 0 saturated heterocycles. The maximum absolute atomic E-state index is 2.35. The van der Waals surface area contributed by atoms with Crippen LogP contribution in [0.1, 0.15) is 47.2 Å². The first-order valence-corrected chi connectivity index (χ1v) is 7.31. The third-order valence-corrected chi connectivity index (χ3v) is 4.00. The maximum Gasteiger partial charge on any atom is -0.00176 e. The first-order valence-electron chi connectivity index (χ1n) is 7.31. The lowest BCUT2D eigenvalue weighted by Gasteiger charge is -2.14. The Balaban J connectivity index is 2.44. The van der Waals surface area contributed by atoms with Crippen LogP contribution in [0, 0.1) is 13.8 Å². The quantitative estimate of drug-likeness (QED) is 0.717. The Morgan fingerprint density at radius 1 is 0.789 bits per heavy atom. The molecule has 0 fully saturated rings. The fourth-order valence-corrected chi connectivity index (χ4v) is 2.80. The molecule has 0 nitrogen and oxygen atoms in total. The minimum atomic E-state index is 1.07. The monoisotopic (exact) mass is 252 g/mol. The zero-order chi connectivity index (χ0) is 13.8. The summed E-state index contributed by atoms with van der Waals surface area (Å²) in [6.45, 7) is 8.90. The molecule has 0 aliphatic rings.